The standard InChI is InChI=1S/C9H15NO3S/c11-8(12)4-6-14-7-3-1-2-5-10-9(7)13/h7H,1-6H2,(H,10,13)(H,11,12). The van der Waals surface area contributed by atoms with Gasteiger partial charge >= 0.3 is 5.97 Å². The third-order valence-corrected chi connectivity index (χ3v) is 3.41. The Bertz CT molecular complexity index is 220. The molecule has 1 amide bonds. The summed E-state index contributed by atoms with van der Waals surface area (Å²) >= 11 is 1.45. The van der Waals surface area contributed by atoms with Crippen molar-refractivity contribution in [3.05, 3.63) is 0 Å². The first-order chi connectivity index (χ1) is 6.70. The van der Waals surface area contributed by atoms with E-state index in [9.17, 15) is 9.59 Å². The Balaban J connectivity index is 2.26. The van der Waals surface area contributed by atoms with E-state index in [1.807, 2.05) is 0 Å². The highest BCUT2D eigenvalue weighted by atomic mass is 32.2. The minimum absolute atomic E-state index is 0.0446. The molecule has 14 heavy (non-hydrogen) atoms. The molecule has 1 rings (SSSR count). The average Bonchev–Trinajstić information content (AvgIpc) is 2.31. The van der Waals surface area contributed by atoms with Crippen molar-refractivity contribution in [1.29, 1.82) is 0 Å². The number of hydrogen-bond acceptors (Lipinski definition) is 3. The summed E-state index contributed by atoms with van der Waals surface area (Å²) in [4.78, 5) is 21.7. The van der Waals surface area contributed by atoms with Crippen molar-refractivity contribution in [2.75, 3.05) is 12.3 Å². The lowest BCUT2D eigenvalue weighted by molar-refractivity contribution is -0.136. The maximum atomic E-state index is 11.4. The molecule has 1 unspecified atom stereocenters. The second-order valence-corrected chi connectivity index (χ2v) is 4.60. The number of hydrogen-bond donors (Lipinski definition) is 2. The monoisotopic (exact) mass is 217 g/mol. The molecule has 5 heteroatoms. The van der Waals surface area contributed by atoms with Crippen molar-refractivity contribution < 1.29 is 14.7 Å². The van der Waals surface area contributed by atoms with Gasteiger partial charge in [0.2, 0.25) is 5.91 Å². The van der Waals surface area contributed by atoms with Crippen LogP contribution in [-0.4, -0.2) is 34.5 Å². The van der Waals surface area contributed by atoms with Gasteiger partial charge in [-0.05, 0) is 12.8 Å². The summed E-state index contributed by atoms with van der Waals surface area (Å²) in [5, 5.41) is 11.2. The molecule has 4 nitrogen and oxygen atoms in total. The number of thioether (sulfide) groups is 1. The highest BCUT2D eigenvalue weighted by Gasteiger charge is 2.20. The molecule has 1 atom stereocenters. The van der Waals surface area contributed by atoms with E-state index >= 15 is 0 Å². The van der Waals surface area contributed by atoms with E-state index in [0.29, 0.717) is 5.75 Å². The van der Waals surface area contributed by atoms with E-state index in [0.717, 1.165) is 25.8 Å². The molecule has 1 heterocycles. The van der Waals surface area contributed by atoms with Gasteiger partial charge in [0, 0.05) is 12.3 Å². The van der Waals surface area contributed by atoms with E-state index in [1.165, 1.54) is 11.8 Å². The Morgan fingerprint density at radius 3 is 3.07 bits per heavy atom. The normalized spacial score (nSPS) is 22.6. The fraction of sp³-hybridized carbons (Fsp3) is 0.778. The minimum Gasteiger partial charge on any atom is -0.481 e. The van der Waals surface area contributed by atoms with Gasteiger partial charge in [-0.2, -0.15) is 0 Å². The molecule has 0 bridgehead atoms. The molecule has 1 fully saturated rings. The van der Waals surface area contributed by atoms with Gasteiger partial charge in [-0.3, -0.25) is 9.59 Å². The lowest BCUT2D eigenvalue weighted by atomic mass is 10.2. The number of carbonyl (C=O) groups excluding carboxylic acids is 1. The van der Waals surface area contributed by atoms with E-state index in [-0.39, 0.29) is 17.6 Å². The SMILES string of the molecule is O=C(O)CCSC1CCCCNC1=O. The predicted molar refractivity (Wildman–Crippen MR) is 55.4 cm³/mol. The van der Waals surface area contributed by atoms with Crippen LogP contribution in [0.4, 0.5) is 0 Å². The zero-order chi connectivity index (χ0) is 10.4. The van der Waals surface area contributed by atoms with Gasteiger partial charge in [0.15, 0.2) is 0 Å². The Hall–Kier alpha value is -0.710. The second-order valence-electron chi connectivity index (χ2n) is 3.29. The maximum absolute atomic E-state index is 11.4. The molecule has 0 radical (unpaired) electrons. The predicted octanol–water partition coefficient (Wildman–Crippen LogP) is 0.863. The van der Waals surface area contributed by atoms with Crippen molar-refractivity contribution >= 4 is 23.6 Å². The molecule has 80 valence electrons. The van der Waals surface area contributed by atoms with Gasteiger partial charge in [-0.1, -0.05) is 6.42 Å². The fourth-order valence-electron chi connectivity index (χ4n) is 1.36. The van der Waals surface area contributed by atoms with E-state index < -0.39 is 5.97 Å². The zero-order valence-electron chi connectivity index (χ0n) is 7.99. The Labute approximate surface area is 87.4 Å². The van der Waals surface area contributed by atoms with Crippen LogP contribution in [0.25, 0.3) is 0 Å². The van der Waals surface area contributed by atoms with E-state index in [1.54, 1.807) is 0 Å². The van der Waals surface area contributed by atoms with Gasteiger partial charge in [-0.15, -0.1) is 11.8 Å². The molecule has 0 aromatic rings. The summed E-state index contributed by atoms with van der Waals surface area (Å²) in [5.74, 6) is -0.211. The van der Waals surface area contributed by atoms with Crippen molar-refractivity contribution in [3.8, 4) is 0 Å². The molecule has 0 spiro atoms. The third kappa shape index (κ3) is 4.00. The summed E-state index contributed by atoms with van der Waals surface area (Å²) in [6.45, 7) is 0.759. The Kier molecular flexibility index (Phi) is 4.79. The second kappa shape index (κ2) is 5.90. The number of carboxylic acids is 1. The molecular formula is C9H15NO3S. The molecule has 0 saturated carbocycles. The summed E-state index contributed by atoms with van der Waals surface area (Å²) in [5.41, 5.74) is 0. The van der Waals surface area contributed by atoms with E-state index in [2.05, 4.69) is 5.32 Å². The largest absolute Gasteiger partial charge is 0.481 e. The summed E-state index contributed by atoms with van der Waals surface area (Å²) in [7, 11) is 0. The lowest BCUT2D eigenvalue weighted by Gasteiger charge is -2.11. The summed E-state index contributed by atoms with van der Waals surface area (Å²) in [6, 6.07) is 0. The van der Waals surface area contributed by atoms with Crippen molar-refractivity contribution in [2.24, 2.45) is 0 Å². The highest BCUT2D eigenvalue weighted by molar-refractivity contribution is 8.00. The van der Waals surface area contributed by atoms with Gasteiger partial charge in [0.25, 0.3) is 0 Å². The van der Waals surface area contributed by atoms with Crippen LogP contribution in [0.3, 0.4) is 0 Å². The summed E-state index contributed by atoms with van der Waals surface area (Å²) < 4.78 is 0. The van der Waals surface area contributed by atoms with Crippen LogP contribution in [0.1, 0.15) is 25.7 Å². The van der Waals surface area contributed by atoms with Crippen LogP contribution < -0.4 is 5.32 Å². The first-order valence-electron chi connectivity index (χ1n) is 4.81. The number of aliphatic carboxylic acids is 1. The van der Waals surface area contributed by atoms with Crippen molar-refractivity contribution in [3.63, 3.8) is 0 Å². The molecule has 2 N–H and O–H groups in total. The van der Waals surface area contributed by atoms with Crippen LogP contribution in [0.15, 0.2) is 0 Å². The molecule has 1 saturated heterocycles. The average molecular weight is 217 g/mol. The molecule has 0 aromatic carbocycles. The molecular weight excluding hydrogens is 202 g/mol. The quantitative estimate of drug-likeness (QED) is 0.733. The Morgan fingerprint density at radius 2 is 2.36 bits per heavy atom. The van der Waals surface area contributed by atoms with Crippen LogP contribution in [0, 0.1) is 0 Å². The minimum atomic E-state index is -0.800. The Morgan fingerprint density at radius 1 is 1.57 bits per heavy atom. The van der Waals surface area contributed by atoms with Gasteiger partial charge in [0.1, 0.15) is 0 Å². The van der Waals surface area contributed by atoms with Crippen LogP contribution >= 0.6 is 11.8 Å². The van der Waals surface area contributed by atoms with Gasteiger partial charge in [-0.25, -0.2) is 0 Å². The van der Waals surface area contributed by atoms with Crippen LogP contribution in [0.2, 0.25) is 0 Å². The van der Waals surface area contributed by atoms with Crippen LogP contribution in [-0.2, 0) is 9.59 Å². The smallest absolute Gasteiger partial charge is 0.304 e. The molecule has 0 aromatic heterocycles. The number of carbonyl (C=O) groups is 2. The van der Waals surface area contributed by atoms with E-state index in [4.69, 9.17) is 5.11 Å². The van der Waals surface area contributed by atoms with Gasteiger partial charge in [0.05, 0.1) is 11.7 Å². The van der Waals surface area contributed by atoms with Crippen LogP contribution in [0.5, 0.6) is 0 Å². The summed E-state index contributed by atoms with van der Waals surface area (Å²) in [6.07, 6.45) is 3.08. The fourth-order valence-corrected chi connectivity index (χ4v) is 2.50. The molecule has 1 aliphatic rings. The number of rotatable bonds is 4. The van der Waals surface area contributed by atoms with Gasteiger partial charge < -0.3 is 10.4 Å². The lowest BCUT2D eigenvalue weighted by Crippen LogP contribution is -2.30. The molecule has 1 aliphatic heterocycles. The number of nitrogens with one attached hydrogen (secondary N) is 1. The first kappa shape index (κ1) is 11.4. The topological polar surface area (TPSA) is 66.4 Å². The van der Waals surface area contributed by atoms with Crippen molar-refractivity contribution in [1.82, 2.24) is 5.32 Å². The zero-order valence-corrected chi connectivity index (χ0v) is 8.81. The third-order valence-electron chi connectivity index (χ3n) is 2.12. The van der Waals surface area contributed by atoms with Crippen molar-refractivity contribution in [2.45, 2.75) is 30.9 Å². The first-order valence-corrected chi connectivity index (χ1v) is 5.86. The molecule has 0 aliphatic carbocycles. The highest BCUT2D eigenvalue weighted by Crippen LogP contribution is 2.20. The number of amides is 1. The maximum Gasteiger partial charge on any atom is 0.304 e. The number of carboxylic acid groups (broad SMARTS) is 1.